The molecule has 0 aliphatic carbocycles. The van der Waals surface area contributed by atoms with Crippen LogP contribution in [0.4, 0.5) is 4.39 Å². The highest BCUT2D eigenvalue weighted by atomic mass is 35.5. The van der Waals surface area contributed by atoms with E-state index in [0.29, 0.717) is 5.56 Å². The molecule has 1 rings (SSSR count). The van der Waals surface area contributed by atoms with Gasteiger partial charge in [0.15, 0.2) is 8.32 Å². The number of hydrogen-bond acceptors (Lipinski definition) is 1. The molecule has 0 aliphatic heterocycles. The van der Waals surface area contributed by atoms with Crippen molar-refractivity contribution in [2.24, 2.45) is 0 Å². The molecule has 1 nitrogen and oxygen atoms in total. The van der Waals surface area contributed by atoms with Gasteiger partial charge in [0.1, 0.15) is 11.4 Å². The molecule has 0 saturated heterocycles. The summed E-state index contributed by atoms with van der Waals surface area (Å²) >= 11 is 5.62. The summed E-state index contributed by atoms with van der Waals surface area (Å²) in [7, 11) is -1.65. The molecule has 0 spiro atoms. The molecule has 1 aromatic rings. The Hall–Kier alpha value is -0.823. The number of benzene rings is 1. The standard InChI is InChI=1S/C14H18ClFOSi/c1-14(2,17-18(3,4)5)9-8-11-6-7-12(15)13(16)10-11/h6-7,10H,1-5H3. The Balaban J connectivity index is 2.90. The van der Waals surface area contributed by atoms with Gasteiger partial charge in [0.05, 0.1) is 5.02 Å². The van der Waals surface area contributed by atoms with Gasteiger partial charge in [-0.1, -0.05) is 23.4 Å². The zero-order chi connectivity index (χ0) is 14.0. The molecule has 0 heterocycles. The van der Waals surface area contributed by atoms with Crippen molar-refractivity contribution in [2.45, 2.75) is 39.1 Å². The van der Waals surface area contributed by atoms with Crippen LogP contribution in [0.2, 0.25) is 24.7 Å². The smallest absolute Gasteiger partial charge is 0.185 e. The second-order valence-electron chi connectivity index (χ2n) is 5.60. The number of hydrogen-bond donors (Lipinski definition) is 0. The third-order valence-corrected chi connectivity index (χ3v) is 3.42. The largest absolute Gasteiger partial charge is 0.402 e. The highest BCUT2D eigenvalue weighted by Crippen LogP contribution is 2.18. The quantitative estimate of drug-likeness (QED) is 0.575. The second kappa shape index (κ2) is 5.44. The van der Waals surface area contributed by atoms with Gasteiger partial charge in [0.25, 0.3) is 0 Å². The molecule has 0 N–H and O–H groups in total. The van der Waals surface area contributed by atoms with Gasteiger partial charge >= 0.3 is 0 Å². The molecule has 0 bridgehead atoms. The topological polar surface area (TPSA) is 9.23 Å². The van der Waals surface area contributed by atoms with Crippen LogP contribution in [0, 0.1) is 17.7 Å². The molecule has 0 radical (unpaired) electrons. The summed E-state index contributed by atoms with van der Waals surface area (Å²) in [5, 5.41) is 0.109. The minimum atomic E-state index is -1.65. The first-order valence-corrected chi connectivity index (χ1v) is 9.56. The average molecular weight is 285 g/mol. The molecular weight excluding hydrogens is 267 g/mol. The van der Waals surface area contributed by atoms with Crippen LogP contribution in [0.15, 0.2) is 18.2 Å². The van der Waals surface area contributed by atoms with Crippen molar-refractivity contribution in [1.82, 2.24) is 0 Å². The SMILES string of the molecule is CC(C)(C#Cc1ccc(Cl)c(F)c1)O[Si](C)(C)C. The summed E-state index contributed by atoms with van der Waals surface area (Å²) < 4.78 is 19.2. The van der Waals surface area contributed by atoms with Crippen LogP contribution < -0.4 is 0 Å². The molecule has 4 heteroatoms. The van der Waals surface area contributed by atoms with E-state index >= 15 is 0 Å². The van der Waals surface area contributed by atoms with Gasteiger partial charge < -0.3 is 4.43 Å². The lowest BCUT2D eigenvalue weighted by Gasteiger charge is -2.28. The maximum atomic E-state index is 13.2. The first kappa shape index (κ1) is 15.2. The van der Waals surface area contributed by atoms with Gasteiger partial charge in [-0.3, -0.25) is 0 Å². The Kier molecular flexibility index (Phi) is 4.60. The predicted octanol–water partition coefficient (Wildman–Crippen LogP) is 4.46. The Labute approximate surface area is 114 Å². The van der Waals surface area contributed by atoms with Crippen LogP contribution in [0.5, 0.6) is 0 Å². The average Bonchev–Trinajstić information content (AvgIpc) is 2.16. The van der Waals surface area contributed by atoms with Crippen molar-refractivity contribution in [3.8, 4) is 11.8 Å². The van der Waals surface area contributed by atoms with Crippen LogP contribution in [-0.2, 0) is 4.43 Å². The van der Waals surface area contributed by atoms with E-state index in [1.165, 1.54) is 12.1 Å². The highest BCUT2D eigenvalue weighted by molar-refractivity contribution is 6.69. The molecule has 0 amide bonds. The van der Waals surface area contributed by atoms with Crippen molar-refractivity contribution in [1.29, 1.82) is 0 Å². The molecule has 0 unspecified atom stereocenters. The van der Waals surface area contributed by atoms with Crippen molar-refractivity contribution >= 4 is 19.9 Å². The molecular formula is C14H18ClFOSi. The van der Waals surface area contributed by atoms with Crippen molar-refractivity contribution < 1.29 is 8.82 Å². The normalized spacial score (nSPS) is 11.9. The molecule has 1 aromatic carbocycles. The highest BCUT2D eigenvalue weighted by Gasteiger charge is 2.25. The van der Waals surface area contributed by atoms with Crippen LogP contribution in [0.25, 0.3) is 0 Å². The molecule has 0 aliphatic rings. The van der Waals surface area contributed by atoms with E-state index in [2.05, 4.69) is 31.5 Å². The summed E-state index contributed by atoms with van der Waals surface area (Å²) in [6.45, 7) is 10.2. The van der Waals surface area contributed by atoms with E-state index in [4.69, 9.17) is 16.0 Å². The van der Waals surface area contributed by atoms with Gasteiger partial charge in [-0.05, 0) is 51.7 Å². The predicted molar refractivity (Wildman–Crippen MR) is 76.8 cm³/mol. The zero-order valence-electron chi connectivity index (χ0n) is 11.4. The van der Waals surface area contributed by atoms with Crippen LogP contribution in [0.1, 0.15) is 19.4 Å². The summed E-state index contributed by atoms with van der Waals surface area (Å²) in [6.07, 6.45) is 0. The lowest BCUT2D eigenvalue weighted by molar-refractivity contribution is 0.164. The minimum absolute atomic E-state index is 0.109. The number of halogens is 2. The van der Waals surface area contributed by atoms with Crippen LogP contribution in [-0.4, -0.2) is 13.9 Å². The van der Waals surface area contributed by atoms with Gasteiger partial charge in [-0.15, -0.1) is 0 Å². The summed E-state index contributed by atoms with van der Waals surface area (Å²) in [5.41, 5.74) is 0.0739. The summed E-state index contributed by atoms with van der Waals surface area (Å²) in [5.74, 6) is 5.50. The fourth-order valence-corrected chi connectivity index (χ4v) is 3.29. The fraction of sp³-hybridized carbons (Fsp3) is 0.429. The molecule has 18 heavy (non-hydrogen) atoms. The van der Waals surface area contributed by atoms with E-state index < -0.39 is 19.7 Å². The van der Waals surface area contributed by atoms with E-state index in [-0.39, 0.29) is 5.02 Å². The minimum Gasteiger partial charge on any atom is -0.402 e. The Morgan fingerprint density at radius 1 is 1.28 bits per heavy atom. The zero-order valence-corrected chi connectivity index (χ0v) is 13.2. The third kappa shape index (κ3) is 5.22. The van der Waals surface area contributed by atoms with E-state index in [1.807, 2.05) is 13.8 Å². The maximum absolute atomic E-state index is 13.2. The van der Waals surface area contributed by atoms with Gasteiger partial charge in [-0.25, -0.2) is 4.39 Å². The van der Waals surface area contributed by atoms with E-state index in [1.54, 1.807) is 6.07 Å². The molecule has 0 aromatic heterocycles. The molecule has 0 fully saturated rings. The Morgan fingerprint density at radius 2 is 1.89 bits per heavy atom. The van der Waals surface area contributed by atoms with E-state index in [9.17, 15) is 4.39 Å². The van der Waals surface area contributed by atoms with Gasteiger partial charge in [0.2, 0.25) is 0 Å². The second-order valence-corrected chi connectivity index (χ2v) is 10.4. The first-order valence-electron chi connectivity index (χ1n) is 5.77. The third-order valence-electron chi connectivity index (χ3n) is 1.99. The molecule has 0 saturated carbocycles. The summed E-state index contributed by atoms with van der Waals surface area (Å²) in [4.78, 5) is 0. The van der Waals surface area contributed by atoms with Crippen molar-refractivity contribution in [3.05, 3.63) is 34.6 Å². The maximum Gasteiger partial charge on any atom is 0.185 e. The first-order chi connectivity index (χ1) is 8.09. The van der Waals surface area contributed by atoms with E-state index in [0.717, 1.165) is 0 Å². The fourth-order valence-electron chi connectivity index (χ4n) is 1.59. The lowest BCUT2D eigenvalue weighted by Crippen LogP contribution is -2.37. The summed E-state index contributed by atoms with van der Waals surface area (Å²) in [6, 6.07) is 4.54. The van der Waals surface area contributed by atoms with Crippen LogP contribution in [0.3, 0.4) is 0 Å². The van der Waals surface area contributed by atoms with Crippen molar-refractivity contribution in [3.63, 3.8) is 0 Å². The number of rotatable bonds is 2. The van der Waals surface area contributed by atoms with Crippen LogP contribution >= 0.6 is 11.6 Å². The lowest BCUT2D eigenvalue weighted by atomic mass is 10.1. The molecule has 98 valence electrons. The molecule has 0 atom stereocenters. The Bertz CT molecular complexity index is 495. The Morgan fingerprint density at radius 3 is 2.39 bits per heavy atom. The van der Waals surface area contributed by atoms with Crippen molar-refractivity contribution in [2.75, 3.05) is 0 Å². The van der Waals surface area contributed by atoms with Gasteiger partial charge in [0, 0.05) is 5.56 Å². The monoisotopic (exact) mass is 284 g/mol. The van der Waals surface area contributed by atoms with Gasteiger partial charge in [-0.2, -0.15) is 0 Å².